The molecule has 3 N–H and O–H groups in total. The van der Waals surface area contributed by atoms with Crippen LogP contribution in [0.15, 0.2) is 23.0 Å². The van der Waals surface area contributed by atoms with Gasteiger partial charge in [-0.3, -0.25) is 23.6 Å². The van der Waals surface area contributed by atoms with Gasteiger partial charge < -0.3 is 15.8 Å². The molecule has 0 spiro atoms. The second-order valence-corrected chi connectivity index (χ2v) is 8.08. The Morgan fingerprint density at radius 3 is 2.83 bits per heavy atom. The SMILES string of the molecule is Cn1c(=O)n(C2C(=O)CCNC2=O)c2ccc(CCCN3CCO[C@H](CN)C3)cc21. The average Bonchev–Trinajstić information content (AvgIpc) is 2.99. The minimum absolute atomic E-state index is 0.115. The van der Waals surface area contributed by atoms with Crippen LogP contribution in [-0.2, 0) is 27.8 Å². The number of hydrogen-bond donors (Lipinski definition) is 2. The van der Waals surface area contributed by atoms with Gasteiger partial charge in [0.25, 0.3) is 5.91 Å². The number of nitrogens with one attached hydrogen (secondary N) is 1. The summed E-state index contributed by atoms with van der Waals surface area (Å²) in [5.41, 5.74) is 7.83. The van der Waals surface area contributed by atoms with Crippen LogP contribution in [0.4, 0.5) is 0 Å². The largest absolute Gasteiger partial charge is 0.374 e. The monoisotopic (exact) mass is 415 g/mol. The van der Waals surface area contributed by atoms with E-state index in [2.05, 4.69) is 10.2 Å². The standard InChI is InChI=1S/C21H29N5O4/c1-24-17-11-14(3-2-8-25-9-10-30-15(12-22)13-25)4-5-16(17)26(21(24)29)19-18(27)6-7-23-20(19)28/h4-5,11,15,19H,2-3,6-10,12-13,22H2,1H3,(H,23,28)/t15-,19?/m1/s1. The lowest BCUT2D eigenvalue weighted by atomic mass is 10.0. The highest BCUT2D eigenvalue weighted by molar-refractivity contribution is 6.06. The molecule has 4 rings (SSSR count). The van der Waals surface area contributed by atoms with Crippen molar-refractivity contribution in [3.63, 3.8) is 0 Å². The summed E-state index contributed by atoms with van der Waals surface area (Å²) in [6, 6.07) is 4.73. The van der Waals surface area contributed by atoms with E-state index >= 15 is 0 Å². The Balaban J connectivity index is 1.51. The first kappa shape index (κ1) is 20.8. The minimum Gasteiger partial charge on any atom is -0.374 e. The second kappa shape index (κ2) is 8.71. The molecule has 1 aromatic heterocycles. The van der Waals surface area contributed by atoms with E-state index in [0.717, 1.165) is 50.2 Å². The van der Waals surface area contributed by atoms with Gasteiger partial charge in [-0.1, -0.05) is 6.07 Å². The third kappa shape index (κ3) is 3.92. The molecule has 2 atom stereocenters. The molecular formula is C21H29N5O4. The summed E-state index contributed by atoms with van der Waals surface area (Å²) in [4.78, 5) is 39.9. The van der Waals surface area contributed by atoms with E-state index in [4.69, 9.17) is 10.5 Å². The number of ether oxygens (including phenoxy) is 1. The van der Waals surface area contributed by atoms with Crippen molar-refractivity contribution in [1.82, 2.24) is 19.4 Å². The number of hydrogen-bond acceptors (Lipinski definition) is 6. The first-order chi connectivity index (χ1) is 14.5. The van der Waals surface area contributed by atoms with Gasteiger partial charge in [0, 0.05) is 39.6 Å². The van der Waals surface area contributed by atoms with Crippen LogP contribution >= 0.6 is 0 Å². The summed E-state index contributed by atoms with van der Waals surface area (Å²) in [6.45, 7) is 4.34. The molecular weight excluding hydrogens is 386 g/mol. The van der Waals surface area contributed by atoms with E-state index in [1.54, 1.807) is 7.05 Å². The minimum atomic E-state index is -1.09. The highest BCUT2D eigenvalue weighted by Gasteiger charge is 2.34. The van der Waals surface area contributed by atoms with Crippen molar-refractivity contribution in [1.29, 1.82) is 0 Å². The van der Waals surface area contributed by atoms with Crippen molar-refractivity contribution in [3.05, 3.63) is 34.2 Å². The molecule has 2 aliphatic rings. The smallest absolute Gasteiger partial charge is 0.329 e. The number of nitrogens with two attached hydrogens (primary N) is 1. The number of morpholine rings is 1. The van der Waals surface area contributed by atoms with Crippen LogP contribution in [0, 0.1) is 0 Å². The Hall–Kier alpha value is -2.49. The molecule has 2 fully saturated rings. The van der Waals surface area contributed by atoms with Crippen LogP contribution in [0.1, 0.15) is 24.4 Å². The van der Waals surface area contributed by atoms with E-state index < -0.39 is 11.9 Å². The fraction of sp³-hybridized carbons (Fsp3) is 0.571. The molecule has 9 nitrogen and oxygen atoms in total. The van der Waals surface area contributed by atoms with E-state index in [9.17, 15) is 14.4 Å². The fourth-order valence-corrected chi connectivity index (χ4v) is 4.40. The predicted molar refractivity (Wildman–Crippen MR) is 112 cm³/mol. The van der Waals surface area contributed by atoms with Crippen LogP contribution in [0.25, 0.3) is 11.0 Å². The number of aromatic nitrogens is 2. The summed E-state index contributed by atoms with van der Waals surface area (Å²) in [5, 5.41) is 2.69. The zero-order valence-corrected chi connectivity index (χ0v) is 17.3. The number of Topliss-reactive ketones (excluding diaryl/α,β-unsaturated/α-hetero) is 1. The highest BCUT2D eigenvalue weighted by atomic mass is 16.5. The highest BCUT2D eigenvalue weighted by Crippen LogP contribution is 2.22. The number of imidazole rings is 1. The van der Waals surface area contributed by atoms with Gasteiger partial charge in [-0.05, 0) is 37.1 Å². The van der Waals surface area contributed by atoms with E-state index in [0.29, 0.717) is 18.6 Å². The number of nitrogens with zero attached hydrogens (tertiary/aromatic N) is 3. The molecule has 2 aromatic rings. The maximum atomic E-state index is 12.8. The third-order valence-electron chi connectivity index (χ3n) is 6.06. The summed E-state index contributed by atoms with van der Waals surface area (Å²) in [6.07, 6.45) is 2.22. The number of piperidine rings is 1. The number of ketones is 1. The molecule has 1 unspecified atom stereocenters. The zero-order chi connectivity index (χ0) is 21.3. The number of fused-ring (bicyclic) bond motifs is 1. The van der Waals surface area contributed by atoms with Crippen molar-refractivity contribution in [3.8, 4) is 0 Å². The Kier molecular flexibility index (Phi) is 6.03. The van der Waals surface area contributed by atoms with Crippen molar-refractivity contribution >= 4 is 22.7 Å². The van der Waals surface area contributed by atoms with Gasteiger partial charge in [-0.25, -0.2) is 4.79 Å². The quantitative estimate of drug-likeness (QED) is 0.619. The Morgan fingerprint density at radius 1 is 1.23 bits per heavy atom. The number of benzene rings is 1. The van der Waals surface area contributed by atoms with Crippen molar-refractivity contribution in [2.75, 3.05) is 39.3 Å². The van der Waals surface area contributed by atoms with E-state index in [1.165, 1.54) is 9.13 Å². The summed E-state index contributed by atoms with van der Waals surface area (Å²) in [7, 11) is 1.68. The van der Waals surface area contributed by atoms with Gasteiger partial charge in [0.05, 0.1) is 23.7 Å². The van der Waals surface area contributed by atoms with Gasteiger partial charge in [-0.2, -0.15) is 0 Å². The average molecular weight is 415 g/mol. The maximum Gasteiger partial charge on any atom is 0.329 e. The molecule has 1 amide bonds. The number of aryl methyl sites for hydroxylation is 2. The molecule has 0 radical (unpaired) electrons. The van der Waals surface area contributed by atoms with Crippen LogP contribution in [-0.4, -0.2) is 71.2 Å². The molecule has 0 bridgehead atoms. The van der Waals surface area contributed by atoms with Crippen molar-refractivity contribution < 1.29 is 14.3 Å². The van der Waals surface area contributed by atoms with Gasteiger partial charge in [0.15, 0.2) is 11.8 Å². The lowest BCUT2D eigenvalue weighted by molar-refractivity contribution is -0.135. The van der Waals surface area contributed by atoms with Gasteiger partial charge in [0.1, 0.15) is 0 Å². The zero-order valence-electron chi connectivity index (χ0n) is 17.3. The molecule has 1 aromatic carbocycles. The summed E-state index contributed by atoms with van der Waals surface area (Å²) < 4.78 is 8.45. The maximum absolute atomic E-state index is 12.8. The topological polar surface area (TPSA) is 112 Å². The molecule has 30 heavy (non-hydrogen) atoms. The Labute approximate surface area is 174 Å². The number of rotatable bonds is 6. The van der Waals surface area contributed by atoms with E-state index in [-0.39, 0.29) is 24.0 Å². The lowest BCUT2D eigenvalue weighted by Gasteiger charge is -2.32. The first-order valence-electron chi connectivity index (χ1n) is 10.5. The number of carbonyl (C=O) groups excluding carboxylic acids is 2. The van der Waals surface area contributed by atoms with Crippen LogP contribution in [0.5, 0.6) is 0 Å². The van der Waals surface area contributed by atoms with Crippen LogP contribution < -0.4 is 16.7 Å². The van der Waals surface area contributed by atoms with Crippen molar-refractivity contribution in [2.24, 2.45) is 12.8 Å². The van der Waals surface area contributed by atoms with E-state index in [1.807, 2.05) is 18.2 Å². The summed E-state index contributed by atoms with van der Waals surface area (Å²) >= 11 is 0. The molecule has 9 heteroatoms. The molecule has 3 heterocycles. The van der Waals surface area contributed by atoms with Gasteiger partial charge >= 0.3 is 5.69 Å². The number of amides is 1. The third-order valence-corrected chi connectivity index (χ3v) is 6.06. The van der Waals surface area contributed by atoms with Crippen LogP contribution in [0.2, 0.25) is 0 Å². The normalized spacial score (nSPS) is 23.1. The summed E-state index contributed by atoms with van der Waals surface area (Å²) in [5.74, 6) is -0.634. The molecule has 0 saturated carbocycles. The number of carbonyl (C=O) groups is 2. The van der Waals surface area contributed by atoms with Gasteiger partial charge in [-0.15, -0.1) is 0 Å². The first-order valence-corrected chi connectivity index (χ1v) is 10.5. The molecule has 0 aliphatic carbocycles. The predicted octanol–water partition coefficient (Wildman–Crippen LogP) is -0.438. The fourth-order valence-electron chi connectivity index (χ4n) is 4.40. The Morgan fingerprint density at radius 2 is 2.07 bits per heavy atom. The van der Waals surface area contributed by atoms with Gasteiger partial charge in [0.2, 0.25) is 0 Å². The molecule has 2 aliphatic heterocycles. The van der Waals surface area contributed by atoms with Crippen LogP contribution in [0.3, 0.4) is 0 Å². The van der Waals surface area contributed by atoms with Crippen molar-refractivity contribution in [2.45, 2.75) is 31.4 Å². The molecule has 2 saturated heterocycles. The second-order valence-electron chi connectivity index (χ2n) is 8.08. The lowest BCUT2D eigenvalue weighted by Crippen LogP contribution is -2.46. The Bertz CT molecular complexity index is 995. The molecule has 162 valence electrons.